The lowest BCUT2D eigenvalue weighted by molar-refractivity contribution is -0.0713. The number of piperidine rings is 1. The number of aliphatic hydroxyl groups is 1. The van der Waals surface area contributed by atoms with Gasteiger partial charge in [0.05, 0.1) is 6.04 Å². The van der Waals surface area contributed by atoms with Gasteiger partial charge in [-0.1, -0.05) is 66.5 Å². The first-order chi connectivity index (χ1) is 15.5. The van der Waals surface area contributed by atoms with E-state index in [4.69, 9.17) is 23.2 Å². The van der Waals surface area contributed by atoms with Crippen LogP contribution in [0.25, 0.3) is 0 Å². The summed E-state index contributed by atoms with van der Waals surface area (Å²) in [4.78, 5) is 11.6. The molecule has 2 aliphatic heterocycles. The molecule has 4 nitrogen and oxygen atoms in total. The Bertz CT molecular complexity index is 1040. The van der Waals surface area contributed by atoms with Crippen LogP contribution in [0.5, 0.6) is 0 Å². The highest BCUT2D eigenvalue weighted by atomic mass is 35.5. The highest BCUT2D eigenvalue weighted by Crippen LogP contribution is 2.51. The molecule has 3 aromatic rings. The average molecular weight is 468 g/mol. The van der Waals surface area contributed by atoms with Crippen LogP contribution in [0.2, 0.25) is 10.0 Å². The van der Waals surface area contributed by atoms with Crippen molar-refractivity contribution >= 4 is 23.2 Å². The molecule has 0 amide bonds. The van der Waals surface area contributed by atoms with E-state index in [0.29, 0.717) is 18.7 Å². The standard InChI is InChI=1S/C26H27Cl2N3O/c1-2-17-15-29-25(30-16-17)26(32)13-18-11-12-19(14-26)31(18)24(20-7-3-5-9-22(20)27)21-8-4-6-10-23(21)28/h3-10,15-16,18-19,24,32H,2,11-14H2,1H3. The van der Waals surface area contributed by atoms with Gasteiger partial charge in [-0.15, -0.1) is 0 Å². The average Bonchev–Trinajstić information content (AvgIpc) is 3.07. The first kappa shape index (κ1) is 21.8. The van der Waals surface area contributed by atoms with Gasteiger partial charge >= 0.3 is 0 Å². The maximum Gasteiger partial charge on any atom is 0.160 e. The summed E-state index contributed by atoms with van der Waals surface area (Å²) in [5, 5.41) is 13.1. The second-order valence-corrected chi connectivity index (χ2v) is 9.80. The van der Waals surface area contributed by atoms with Crippen LogP contribution >= 0.6 is 23.2 Å². The predicted octanol–water partition coefficient (Wildman–Crippen LogP) is 5.95. The van der Waals surface area contributed by atoms with Gasteiger partial charge in [0, 0.05) is 34.5 Å². The van der Waals surface area contributed by atoms with Gasteiger partial charge in [0.15, 0.2) is 5.82 Å². The molecule has 32 heavy (non-hydrogen) atoms. The van der Waals surface area contributed by atoms with Gasteiger partial charge in [-0.25, -0.2) is 9.97 Å². The molecular weight excluding hydrogens is 441 g/mol. The lowest BCUT2D eigenvalue weighted by Gasteiger charge is -2.47. The molecule has 2 atom stereocenters. The van der Waals surface area contributed by atoms with Crippen LogP contribution in [-0.4, -0.2) is 32.1 Å². The minimum absolute atomic E-state index is 0.0668. The van der Waals surface area contributed by atoms with Crippen molar-refractivity contribution in [1.29, 1.82) is 0 Å². The molecule has 0 aliphatic carbocycles. The van der Waals surface area contributed by atoms with Crippen LogP contribution in [-0.2, 0) is 12.0 Å². The Balaban J connectivity index is 1.53. The summed E-state index contributed by atoms with van der Waals surface area (Å²) in [5.74, 6) is 0.540. The van der Waals surface area contributed by atoms with Crippen LogP contribution in [0.1, 0.15) is 61.2 Å². The molecule has 0 saturated carbocycles. The Morgan fingerprint density at radius 1 is 0.938 bits per heavy atom. The van der Waals surface area contributed by atoms with E-state index >= 15 is 0 Å². The highest BCUT2D eigenvalue weighted by molar-refractivity contribution is 6.32. The van der Waals surface area contributed by atoms with Crippen LogP contribution in [0.15, 0.2) is 60.9 Å². The number of nitrogens with zero attached hydrogens (tertiary/aromatic N) is 3. The first-order valence-electron chi connectivity index (χ1n) is 11.3. The fourth-order valence-corrected chi connectivity index (χ4v) is 6.00. The number of fused-ring (bicyclic) bond motifs is 2. The van der Waals surface area contributed by atoms with Crippen molar-refractivity contribution in [3.63, 3.8) is 0 Å². The smallest absolute Gasteiger partial charge is 0.160 e. The number of hydrogen-bond donors (Lipinski definition) is 1. The normalized spacial score (nSPS) is 25.4. The van der Waals surface area contributed by atoms with Crippen LogP contribution in [0, 0.1) is 0 Å². The second kappa shape index (κ2) is 8.75. The van der Waals surface area contributed by atoms with Gasteiger partial charge in [-0.3, -0.25) is 4.90 Å². The van der Waals surface area contributed by atoms with Gasteiger partial charge in [0.25, 0.3) is 0 Å². The summed E-state index contributed by atoms with van der Waals surface area (Å²) < 4.78 is 0. The summed E-state index contributed by atoms with van der Waals surface area (Å²) >= 11 is 13.4. The maximum atomic E-state index is 11.6. The first-order valence-corrected chi connectivity index (χ1v) is 12.1. The predicted molar refractivity (Wildman–Crippen MR) is 128 cm³/mol. The number of hydrogen-bond acceptors (Lipinski definition) is 4. The minimum Gasteiger partial charge on any atom is -0.382 e. The molecule has 2 fully saturated rings. The third kappa shape index (κ3) is 3.84. The van der Waals surface area contributed by atoms with E-state index in [1.54, 1.807) is 0 Å². The molecule has 2 bridgehead atoms. The lowest BCUT2D eigenvalue weighted by atomic mass is 9.82. The Labute approximate surface area is 199 Å². The number of aryl methyl sites for hydroxylation is 1. The van der Waals surface area contributed by atoms with E-state index in [2.05, 4.69) is 33.9 Å². The molecule has 6 heteroatoms. The summed E-state index contributed by atoms with van der Waals surface area (Å²) in [5.41, 5.74) is 2.16. The van der Waals surface area contributed by atoms with Crippen molar-refractivity contribution in [3.8, 4) is 0 Å². The third-order valence-corrected chi connectivity index (χ3v) is 7.74. The molecule has 166 valence electrons. The third-order valence-electron chi connectivity index (χ3n) is 7.05. The van der Waals surface area contributed by atoms with Crippen LogP contribution in [0.3, 0.4) is 0 Å². The van der Waals surface area contributed by atoms with E-state index in [1.807, 2.05) is 48.8 Å². The summed E-state index contributed by atoms with van der Waals surface area (Å²) in [6.07, 6.45) is 7.79. The van der Waals surface area contributed by atoms with E-state index in [9.17, 15) is 5.11 Å². The molecule has 1 aromatic heterocycles. The van der Waals surface area contributed by atoms with E-state index in [0.717, 1.165) is 46.0 Å². The van der Waals surface area contributed by atoms with Crippen LogP contribution in [0.4, 0.5) is 0 Å². The van der Waals surface area contributed by atoms with Gasteiger partial charge < -0.3 is 5.11 Å². The number of aromatic nitrogens is 2. The Morgan fingerprint density at radius 2 is 1.44 bits per heavy atom. The molecule has 5 rings (SSSR count). The van der Waals surface area contributed by atoms with Crippen molar-refractivity contribution in [2.75, 3.05) is 0 Å². The monoisotopic (exact) mass is 467 g/mol. The number of benzene rings is 2. The summed E-state index contributed by atoms with van der Waals surface area (Å²) in [6.45, 7) is 2.08. The van der Waals surface area contributed by atoms with Crippen molar-refractivity contribution < 1.29 is 5.11 Å². The van der Waals surface area contributed by atoms with Gasteiger partial charge in [0.2, 0.25) is 0 Å². The minimum atomic E-state index is -1.01. The summed E-state index contributed by atoms with van der Waals surface area (Å²) in [7, 11) is 0. The zero-order valence-electron chi connectivity index (χ0n) is 18.1. The fraction of sp³-hybridized carbons (Fsp3) is 0.385. The largest absolute Gasteiger partial charge is 0.382 e. The molecule has 2 aromatic carbocycles. The SMILES string of the molecule is CCc1cnc(C2(O)CC3CCC(C2)N3C(c2ccccc2Cl)c2ccccc2Cl)nc1. The van der Waals surface area contributed by atoms with Crippen LogP contribution < -0.4 is 0 Å². The van der Waals surface area contributed by atoms with Crippen molar-refractivity contribution in [2.45, 2.75) is 62.8 Å². The molecule has 2 unspecified atom stereocenters. The lowest BCUT2D eigenvalue weighted by Crippen LogP contribution is -2.51. The molecule has 2 saturated heterocycles. The molecule has 0 spiro atoms. The molecule has 0 radical (unpaired) electrons. The number of rotatable bonds is 5. The Hall–Kier alpha value is -1.98. The molecule has 1 N–H and O–H groups in total. The van der Waals surface area contributed by atoms with E-state index in [1.165, 1.54) is 0 Å². The topological polar surface area (TPSA) is 49.3 Å². The number of halogens is 2. The zero-order chi connectivity index (χ0) is 22.3. The second-order valence-electron chi connectivity index (χ2n) is 8.99. The maximum absolute atomic E-state index is 11.6. The van der Waals surface area contributed by atoms with Crippen molar-refractivity contribution in [2.24, 2.45) is 0 Å². The van der Waals surface area contributed by atoms with Crippen molar-refractivity contribution in [1.82, 2.24) is 14.9 Å². The van der Waals surface area contributed by atoms with E-state index < -0.39 is 5.60 Å². The van der Waals surface area contributed by atoms with Gasteiger partial charge in [-0.05, 0) is 60.9 Å². The Kier molecular flexibility index (Phi) is 5.98. The zero-order valence-corrected chi connectivity index (χ0v) is 19.6. The molecule has 3 heterocycles. The van der Waals surface area contributed by atoms with Crippen molar-refractivity contribution in [3.05, 3.63) is 93.5 Å². The molecule has 2 aliphatic rings. The quantitative estimate of drug-likeness (QED) is 0.503. The van der Waals surface area contributed by atoms with E-state index in [-0.39, 0.29) is 18.1 Å². The van der Waals surface area contributed by atoms with Gasteiger partial charge in [0.1, 0.15) is 5.60 Å². The summed E-state index contributed by atoms with van der Waals surface area (Å²) in [6, 6.07) is 16.3. The Morgan fingerprint density at radius 3 is 1.91 bits per heavy atom. The molecular formula is C26H27Cl2N3O. The fourth-order valence-electron chi connectivity index (χ4n) is 5.52. The highest BCUT2D eigenvalue weighted by Gasteiger charge is 2.52. The van der Waals surface area contributed by atoms with Gasteiger partial charge in [-0.2, -0.15) is 0 Å².